The number of halogens is 2. The Balaban J connectivity index is 2.33. The van der Waals surface area contributed by atoms with E-state index in [9.17, 15) is 0 Å². The summed E-state index contributed by atoms with van der Waals surface area (Å²) in [5.41, 5.74) is 2.01. The highest BCUT2D eigenvalue weighted by molar-refractivity contribution is 9.10. The lowest BCUT2D eigenvalue weighted by Gasteiger charge is -2.13. The van der Waals surface area contributed by atoms with E-state index in [2.05, 4.69) is 15.9 Å². The van der Waals surface area contributed by atoms with Crippen LogP contribution in [0.4, 0.5) is 0 Å². The largest absolute Gasteiger partial charge is 0.494 e. The summed E-state index contributed by atoms with van der Waals surface area (Å²) >= 11 is 10.1. The van der Waals surface area contributed by atoms with E-state index in [1.54, 1.807) is 0 Å². The first-order chi connectivity index (χ1) is 9.02. The van der Waals surface area contributed by atoms with Gasteiger partial charge < -0.3 is 9.15 Å². The van der Waals surface area contributed by atoms with Crippen LogP contribution in [0.5, 0.6) is 5.75 Å². The van der Waals surface area contributed by atoms with Gasteiger partial charge in [-0.15, -0.1) is 11.6 Å². The lowest BCUT2D eigenvalue weighted by atomic mass is 10.0. The van der Waals surface area contributed by atoms with Crippen LogP contribution in [-0.2, 0) is 0 Å². The topological polar surface area (TPSA) is 22.4 Å². The number of hydrogen-bond acceptors (Lipinski definition) is 2. The van der Waals surface area contributed by atoms with Crippen molar-refractivity contribution in [2.45, 2.75) is 26.1 Å². The zero-order valence-electron chi connectivity index (χ0n) is 11.2. The van der Waals surface area contributed by atoms with Gasteiger partial charge in [-0.3, -0.25) is 0 Å². The highest BCUT2D eigenvalue weighted by Gasteiger charge is 2.19. The molecule has 0 radical (unpaired) electrons. The van der Waals surface area contributed by atoms with Crippen LogP contribution < -0.4 is 4.74 Å². The summed E-state index contributed by atoms with van der Waals surface area (Å²) in [6, 6.07) is 7.84. The lowest BCUT2D eigenvalue weighted by molar-refractivity contribution is 0.340. The average Bonchev–Trinajstić information content (AvgIpc) is 2.68. The Labute approximate surface area is 126 Å². The summed E-state index contributed by atoms with van der Waals surface area (Å²) in [5, 5.41) is -0.234. The van der Waals surface area contributed by atoms with Gasteiger partial charge in [0, 0.05) is 10.0 Å². The fourth-order valence-corrected chi connectivity index (χ4v) is 3.16. The standard InChI is InChI=1S/C15H16BrClO2/c1-4-18-11-5-6-12(14(16)8-11)15(17)13-7-9(2)19-10(13)3/h5-8,15H,4H2,1-3H3. The summed E-state index contributed by atoms with van der Waals surface area (Å²) in [5.74, 6) is 2.57. The van der Waals surface area contributed by atoms with Gasteiger partial charge in [-0.1, -0.05) is 22.0 Å². The van der Waals surface area contributed by atoms with Crippen LogP contribution in [0, 0.1) is 13.8 Å². The molecule has 2 aromatic rings. The van der Waals surface area contributed by atoms with E-state index < -0.39 is 0 Å². The molecule has 0 aliphatic carbocycles. The minimum Gasteiger partial charge on any atom is -0.494 e. The normalized spacial score (nSPS) is 12.5. The van der Waals surface area contributed by atoms with Crippen LogP contribution >= 0.6 is 27.5 Å². The Kier molecular flexibility index (Phi) is 4.58. The van der Waals surface area contributed by atoms with E-state index in [1.165, 1.54) is 0 Å². The number of rotatable bonds is 4. The van der Waals surface area contributed by atoms with Gasteiger partial charge in [0.1, 0.15) is 17.3 Å². The van der Waals surface area contributed by atoms with Crippen molar-refractivity contribution in [3.8, 4) is 5.75 Å². The SMILES string of the molecule is CCOc1ccc(C(Cl)c2cc(C)oc2C)c(Br)c1. The molecule has 1 heterocycles. The van der Waals surface area contributed by atoms with E-state index in [0.29, 0.717) is 6.61 Å². The predicted molar refractivity (Wildman–Crippen MR) is 81.2 cm³/mol. The van der Waals surface area contributed by atoms with Crippen molar-refractivity contribution in [3.63, 3.8) is 0 Å². The molecule has 0 spiro atoms. The molecule has 0 aliphatic rings. The quantitative estimate of drug-likeness (QED) is 0.695. The van der Waals surface area contributed by atoms with E-state index in [4.69, 9.17) is 20.8 Å². The summed E-state index contributed by atoms with van der Waals surface area (Å²) in [7, 11) is 0. The second-order valence-electron chi connectivity index (χ2n) is 4.35. The van der Waals surface area contributed by atoms with Gasteiger partial charge in [-0.25, -0.2) is 0 Å². The first-order valence-corrected chi connectivity index (χ1v) is 7.39. The molecule has 1 aromatic heterocycles. The molecule has 19 heavy (non-hydrogen) atoms. The number of furan rings is 1. The van der Waals surface area contributed by atoms with Gasteiger partial charge in [0.25, 0.3) is 0 Å². The maximum atomic E-state index is 6.55. The molecule has 0 saturated carbocycles. The lowest BCUT2D eigenvalue weighted by Crippen LogP contribution is -1.97. The molecule has 0 bridgehead atoms. The van der Waals surface area contributed by atoms with Gasteiger partial charge in [0.05, 0.1) is 12.0 Å². The molecule has 1 atom stereocenters. The smallest absolute Gasteiger partial charge is 0.120 e. The fraction of sp³-hybridized carbons (Fsp3) is 0.333. The summed E-state index contributed by atoms with van der Waals surface area (Å²) in [6.45, 7) is 6.47. The highest BCUT2D eigenvalue weighted by atomic mass is 79.9. The number of ether oxygens (including phenoxy) is 1. The Hall–Kier alpha value is -0.930. The Morgan fingerprint density at radius 3 is 2.53 bits per heavy atom. The molecule has 0 saturated heterocycles. The van der Waals surface area contributed by atoms with Crippen molar-refractivity contribution < 1.29 is 9.15 Å². The summed E-state index contributed by atoms with van der Waals surface area (Å²) in [4.78, 5) is 0. The molecule has 0 fully saturated rings. The zero-order chi connectivity index (χ0) is 14.0. The van der Waals surface area contributed by atoms with Crippen molar-refractivity contribution >= 4 is 27.5 Å². The van der Waals surface area contributed by atoms with Gasteiger partial charge in [-0.05, 0) is 44.5 Å². The van der Waals surface area contributed by atoms with E-state index in [1.807, 2.05) is 45.0 Å². The number of hydrogen-bond donors (Lipinski definition) is 0. The third-order valence-corrected chi connectivity index (χ3v) is 4.07. The van der Waals surface area contributed by atoms with Crippen LogP contribution in [-0.4, -0.2) is 6.61 Å². The van der Waals surface area contributed by atoms with Crippen LogP contribution in [0.2, 0.25) is 0 Å². The van der Waals surface area contributed by atoms with Crippen molar-refractivity contribution in [2.75, 3.05) is 6.61 Å². The highest BCUT2D eigenvalue weighted by Crippen LogP contribution is 2.37. The third-order valence-electron chi connectivity index (χ3n) is 2.91. The molecule has 102 valence electrons. The molecule has 0 N–H and O–H groups in total. The van der Waals surface area contributed by atoms with Crippen molar-refractivity contribution in [1.82, 2.24) is 0 Å². The molecular formula is C15H16BrClO2. The van der Waals surface area contributed by atoms with E-state index in [-0.39, 0.29) is 5.38 Å². The monoisotopic (exact) mass is 342 g/mol. The van der Waals surface area contributed by atoms with Crippen LogP contribution in [0.25, 0.3) is 0 Å². The fourth-order valence-electron chi connectivity index (χ4n) is 2.04. The number of aryl methyl sites for hydroxylation is 2. The van der Waals surface area contributed by atoms with Crippen molar-refractivity contribution in [3.05, 3.63) is 51.4 Å². The minimum absolute atomic E-state index is 0.234. The first kappa shape index (κ1) is 14.5. The molecule has 2 nitrogen and oxygen atoms in total. The van der Waals surface area contributed by atoms with Gasteiger partial charge in [-0.2, -0.15) is 0 Å². The van der Waals surface area contributed by atoms with Crippen LogP contribution in [0.15, 0.2) is 33.2 Å². The molecule has 1 aromatic carbocycles. The first-order valence-electron chi connectivity index (χ1n) is 6.16. The number of alkyl halides is 1. The predicted octanol–water partition coefficient (Wildman–Crippen LogP) is 5.39. The van der Waals surface area contributed by atoms with Crippen LogP contribution in [0.3, 0.4) is 0 Å². The zero-order valence-corrected chi connectivity index (χ0v) is 13.5. The van der Waals surface area contributed by atoms with Gasteiger partial charge in [0.15, 0.2) is 0 Å². The molecule has 2 rings (SSSR count). The maximum absolute atomic E-state index is 6.55. The summed E-state index contributed by atoms with van der Waals surface area (Å²) < 4.78 is 11.9. The second kappa shape index (κ2) is 6.02. The van der Waals surface area contributed by atoms with Crippen molar-refractivity contribution in [2.24, 2.45) is 0 Å². The molecule has 4 heteroatoms. The van der Waals surface area contributed by atoms with Gasteiger partial charge >= 0.3 is 0 Å². The Morgan fingerprint density at radius 2 is 2.00 bits per heavy atom. The van der Waals surface area contributed by atoms with Gasteiger partial charge in [0.2, 0.25) is 0 Å². The van der Waals surface area contributed by atoms with E-state index in [0.717, 1.165) is 32.9 Å². The Morgan fingerprint density at radius 1 is 1.26 bits per heavy atom. The maximum Gasteiger partial charge on any atom is 0.120 e. The van der Waals surface area contributed by atoms with Crippen molar-refractivity contribution in [1.29, 1.82) is 0 Å². The van der Waals surface area contributed by atoms with Crippen LogP contribution in [0.1, 0.15) is 34.9 Å². The number of benzene rings is 1. The Bertz CT molecular complexity index is 578. The second-order valence-corrected chi connectivity index (χ2v) is 5.64. The summed E-state index contributed by atoms with van der Waals surface area (Å²) in [6.07, 6.45) is 0. The third kappa shape index (κ3) is 3.15. The van der Waals surface area contributed by atoms with E-state index >= 15 is 0 Å². The average molecular weight is 344 g/mol. The minimum atomic E-state index is -0.234. The molecule has 1 unspecified atom stereocenters. The molecule has 0 aliphatic heterocycles. The molecular weight excluding hydrogens is 328 g/mol. The molecule has 0 amide bonds.